The summed E-state index contributed by atoms with van der Waals surface area (Å²) in [4.78, 5) is 2.48. The van der Waals surface area contributed by atoms with E-state index in [-0.39, 0.29) is 0 Å². The van der Waals surface area contributed by atoms with Crippen LogP contribution in [0, 0.1) is 5.92 Å². The van der Waals surface area contributed by atoms with Crippen LogP contribution in [0.4, 0.5) is 0 Å². The predicted octanol–water partition coefficient (Wildman–Crippen LogP) is 2.65. The molecule has 2 rings (SSSR count). The fourth-order valence-electron chi connectivity index (χ4n) is 2.64. The Hall–Kier alpha value is -0.900. The highest BCUT2D eigenvalue weighted by atomic mass is 16.5. The van der Waals surface area contributed by atoms with Crippen molar-refractivity contribution in [2.75, 3.05) is 26.2 Å². The Bertz CT molecular complexity index is 406. The van der Waals surface area contributed by atoms with Crippen molar-refractivity contribution < 1.29 is 4.74 Å². The molecule has 1 fully saturated rings. The van der Waals surface area contributed by atoms with Crippen LogP contribution in [0.25, 0.3) is 0 Å². The molecule has 1 aromatic carbocycles. The molecule has 3 heteroatoms. The van der Waals surface area contributed by atoms with Gasteiger partial charge in [-0.3, -0.25) is 4.90 Å². The van der Waals surface area contributed by atoms with E-state index in [1.807, 2.05) is 0 Å². The Morgan fingerprint density at radius 2 is 2.15 bits per heavy atom. The number of ether oxygens (including phenoxy) is 1. The Labute approximate surface area is 123 Å². The summed E-state index contributed by atoms with van der Waals surface area (Å²) in [6.07, 6.45) is 0.361. The van der Waals surface area contributed by atoms with Gasteiger partial charge in [0.1, 0.15) is 0 Å². The number of nitrogens with zero attached hydrogens (tertiary/aromatic N) is 1. The number of rotatable bonds is 6. The standard InChI is InChI=1S/C17H28N2O/c1-14(2)10-18-11-16-5-4-6-17(9-16)13-19-7-8-20-15(3)12-19/h4-6,9,14-15,18H,7-8,10-13H2,1-3H3. The van der Waals surface area contributed by atoms with Gasteiger partial charge in [-0.2, -0.15) is 0 Å². The van der Waals surface area contributed by atoms with E-state index in [1.54, 1.807) is 0 Å². The van der Waals surface area contributed by atoms with Crippen LogP contribution in [0.5, 0.6) is 0 Å². The maximum atomic E-state index is 5.59. The third-order valence-corrected chi connectivity index (χ3v) is 3.60. The molecule has 0 saturated carbocycles. The zero-order valence-electron chi connectivity index (χ0n) is 13.1. The van der Waals surface area contributed by atoms with Crippen molar-refractivity contribution in [1.82, 2.24) is 10.2 Å². The molecule has 1 saturated heterocycles. The highest BCUT2D eigenvalue weighted by Gasteiger charge is 2.16. The maximum absolute atomic E-state index is 5.59. The van der Waals surface area contributed by atoms with Gasteiger partial charge in [0.25, 0.3) is 0 Å². The first-order chi connectivity index (χ1) is 9.63. The second-order valence-electron chi connectivity index (χ2n) is 6.26. The van der Waals surface area contributed by atoms with Crippen LogP contribution >= 0.6 is 0 Å². The minimum atomic E-state index is 0.361. The molecule has 0 amide bonds. The Morgan fingerprint density at radius 3 is 2.90 bits per heavy atom. The average molecular weight is 276 g/mol. The minimum absolute atomic E-state index is 0.361. The van der Waals surface area contributed by atoms with Crippen molar-refractivity contribution in [2.24, 2.45) is 5.92 Å². The van der Waals surface area contributed by atoms with Gasteiger partial charge in [0.2, 0.25) is 0 Å². The number of hydrogen-bond acceptors (Lipinski definition) is 3. The van der Waals surface area contributed by atoms with E-state index in [4.69, 9.17) is 4.74 Å². The van der Waals surface area contributed by atoms with Gasteiger partial charge in [-0.05, 0) is 30.5 Å². The number of morpholine rings is 1. The SMILES string of the molecule is CC(C)CNCc1cccc(CN2CCOC(C)C2)c1. The molecule has 0 aromatic heterocycles. The summed E-state index contributed by atoms with van der Waals surface area (Å²) in [5, 5.41) is 3.51. The molecule has 1 unspecified atom stereocenters. The van der Waals surface area contributed by atoms with E-state index in [9.17, 15) is 0 Å². The first kappa shape index (κ1) is 15.5. The van der Waals surface area contributed by atoms with Gasteiger partial charge in [-0.25, -0.2) is 0 Å². The van der Waals surface area contributed by atoms with Crippen LogP contribution in [-0.2, 0) is 17.8 Å². The molecule has 0 radical (unpaired) electrons. The van der Waals surface area contributed by atoms with Crippen molar-refractivity contribution in [2.45, 2.75) is 40.0 Å². The van der Waals surface area contributed by atoms with Crippen molar-refractivity contribution in [1.29, 1.82) is 0 Å². The Morgan fingerprint density at radius 1 is 1.35 bits per heavy atom. The number of hydrogen-bond donors (Lipinski definition) is 1. The molecule has 112 valence electrons. The zero-order valence-corrected chi connectivity index (χ0v) is 13.1. The van der Waals surface area contributed by atoms with Gasteiger partial charge in [-0.15, -0.1) is 0 Å². The van der Waals surface area contributed by atoms with Crippen molar-refractivity contribution in [3.05, 3.63) is 35.4 Å². The van der Waals surface area contributed by atoms with Crippen LogP contribution in [0.15, 0.2) is 24.3 Å². The van der Waals surface area contributed by atoms with E-state index >= 15 is 0 Å². The lowest BCUT2D eigenvalue weighted by molar-refractivity contribution is -0.0212. The minimum Gasteiger partial charge on any atom is -0.376 e. The second kappa shape index (κ2) is 7.77. The first-order valence-corrected chi connectivity index (χ1v) is 7.76. The summed E-state index contributed by atoms with van der Waals surface area (Å²) in [6, 6.07) is 8.93. The van der Waals surface area contributed by atoms with Crippen LogP contribution in [0.2, 0.25) is 0 Å². The molecule has 20 heavy (non-hydrogen) atoms. The summed E-state index contributed by atoms with van der Waals surface area (Å²) in [6.45, 7) is 12.6. The van der Waals surface area contributed by atoms with Gasteiger partial charge in [0.05, 0.1) is 12.7 Å². The number of benzene rings is 1. The smallest absolute Gasteiger partial charge is 0.0674 e. The third-order valence-electron chi connectivity index (χ3n) is 3.60. The molecule has 1 aromatic rings. The summed E-state index contributed by atoms with van der Waals surface area (Å²) < 4.78 is 5.59. The van der Waals surface area contributed by atoms with Gasteiger partial charge in [0.15, 0.2) is 0 Å². The molecule has 3 nitrogen and oxygen atoms in total. The lowest BCUT2D eigenvalue weighted by atomic mass is 10.1. The monoisotopic (exact) mass is 276 g/mol. The molecule has 1 N–H and O–H groups in total. The second-order valence-corrected chi connectivity index (χ2v) is 6.26. The van der Waals surface area contributed by atoms with E-state index in [0.717, 1.165) is 39.3 Å². The summed E-state index contributed by atoms with van der Waals surface area (Å²) in [7, 11) is 0. The van der Waals surface area contributed by atoms with E-state index in [0.29, 0.717) is 12.0 Å². The molecule has 0 spiro atoms. The average Bonchev–Trinajstić information content (AvgIpc) is 2.39. The van der Waals surface area contributed by atoms with Crippen LogP contribution < -0.4 is 5.32 Å². The van der Waals surface area contributed by atoms with Crippen LogP contribution in [0.3, 0.4) is 0 Å². The first-order valence-electron chi connectivity index (χ1n) is 7.76. The Kier molecular flexibility index (Phi) is 6.02. The van der Waals surface area contributed by atoms with E-state index in [2.05, 4.69) is 55.3 Å². The molecule has 1 aliphatic heterocycles. The summed E-state index contributed by atoms with van der Waals surface area (Å²) in [5.74, 6) is 0.702. The van der Waals surface area contributed by atoms with Gasteiger partial charge < -0.3 is 10.1 Å². The maximum Gasteiger partial charge on any atom is 0.0674 e. The molecule has 1 heterocycles. The Balaban J connectivity index is 1.85. The lowest BCUT2D eigenvalue weighted by Gasteiger charge is -2.31. The number of nitrogens with one attached hydrogen (secondary N) is 1. The quantitative estimate of drug-likeness (QED) is 0.864. The van der Waals surface area contributed by atoms with Crippen LogP contribution in [0.1, 0.15) is 31.9 Å². The molecule has 1 atom stereocenters. The lowest BCUT2D eigenvalue weighted by Crippen LogP contribution is -2.40. The topological polar surface area (TPSA) is 24.5 Å². The van der Waals surface area contributed by atoms with Crippen molar-refractivity contribution in [3.8, 4) is 0 Å². The largest absolute Gasteiger partial charge is 0.376 e. The van der Waals surface area contributed by atoms with Gasteiger partial charge in [-0.1, -0.05) is 38.1 Å². The third kappa shape index (κ3) is 5.23. The van der Waals surface area contributed by atoms with E-state index in [1.165, 1.54) is 11.1 Å². The molecular weight excluding hydrogens is 248 g/mol. The predicted molar refractivity (Wildman–Crippen MR) is 83.7 cm³/mol. The van der Waals surface area contributed by atoms with Gasteiger partial charge >= 0.3 is 0 Å². The fraction of sp³-hybridized carbons (Fsp3) is 0.647. The van der Waals surface area contributed by atoms with Gasteiger partial charge in [0, 0.05) is 26.2 Å². The van der Waals surface area contributed by atoms with Crippen LogP contribution in [-0.4, -0.2) is 37.2 Å². The zero-order chi connectivity index (χ0) is 14.4. The normalized spacial score (nSPS) is 20.5. The summed E-state index contributed by atoms with van der Waals surface area (Å²) in [5.41, 5.74) is 2.78. The highest BCUT2D eigenvalue weighted by molar-refractivity contribution is 5.23. The summed E-state index contributed by atoms with van der Waals surface area (Å²) >= 11 is 0. The van der Waals surface area contributed by atoms with Crippen molar-refractivity contribution in [3.63, 3.8) is 0 Å². The molecular formula is C17H28N2O. The highest BCUT2D eigenvalue weighted by Crippen LogP contribution is 2.12. The molecule has 0 aliphatic carbocycles. The fourth-order valence-corrected chi connectivity index (χ4v) is 2.64. The van der Waals surface area contributed by atoms with E-state index < -0.39 is 0 Å². The molecule has 1 aliphatic rings. The van der Waals surface area contributed by atoms with Crippen molar-refractivity contribution >= 4 is 0 Å². The molecule has 0 bridgehead atoms.